The molecule has 0 aliphatic carbocycles. The Bertz CT molecular complexity index is 800. The summed E-state index contributed by atoms with van der Waals surface area (Å²) in [5.74, 6) is 2.45. The van der Waals surface area contributed by atoms with Crippen LogP contribution in [0.1, 0.15) is 42.3 Å². The Morgan fingerprint density at radius 3 is 2.83 bits per heavy atom. The molecule has 7 heteroatoms. The third-order valence-corrected chi connectivity index (χ3v) is 5.62. The van der Waals surface area contributed by atoms with E-state index >= 15 is 0 Å². The molecule has 1 aliphatic rings. The lowest BCUT2D eigenvalue weighted by Gasteiger charge is -2.35. The van der Waals surface area contributed by atoms with Crippen LogP contribution in [0.15, 0.2) is 22.8 Å². The van der Waals surface area contributed by atoms with Crippen molar-refractivity contribution in [3.05, 3.63) is 34.9 Å². The van der Waals surface area contributed by atoms with Crippen LogP contribution in [-0.2, 0) is 0 Å². The van der Waals surface area contributed by atoms with Crippen molar-refractivity contribution in [3.63, 3.8) is 0 Å². The van der Waals surface area contributed by atoms with E-state index in [1.165, 1.54) is 15.9 Å². The number of likely N-dealkylation sites (tertiary alicyclic amines) is 1. The highest BCUT2D eigenvalue weighted by atomic mass is 32.1. The molecule has 1 fully saturated rings. The lowest BCUT2D eigenvalue weighted by atomic mass is 9.97. The van der Waals surface area contributed by atoms with E-state index in [2.05, 4.69) is 21.9 Å². The van der Waals surface area contributed by atoms with E-state index in [0.29, 0.717) is 5.82 Å². The first kappa shape index (κ1) is 14.7. The molecule has 23 heavy (non-hydrogen) atoms. The van der Waals surface area contributed by atoms with Gasteiger partial charge in [-0.2, -0.15) is 4.52 Å². The van der Waals surface area contributed by atoms with E-state index < -0.39 is 0 Å². The lowest BCUT2D eigenvalue weighted by Crippen LogP contribution is -2.36. The molecular weight excluding hydrogens is 312 g/mol. The molecule has 0 aromatic carbocycles. The Morgan fingerprint density at radius 2 is 2.17 bits per heavy atom. The molecule has 0 spiro atoms. The number of aromatic nitrogens is 3. The summed E-state index contributed by atoms with van der Waals surface area (Å²) >= 11 is 1.48. The van der Waals surface area contributed by atoms with Crippen LogP contribution < -0.4 is 0 Å². The van der Waals surface area contributed by atoms with Gasteiger partial charge in [0.2, 0.25) is 10.8 Å². The first-order chi connectivity index (χ1) is 11.1. The normalized spacial score (nSPS) is 18.7. The van der Waals surface area contributed by atoms with Crippen LogP contribution in [0, 0.1) is 12.8 Å². The molecule has 4 heterocycles. The largest absolute Gasteiger partial charge is 0.492 e. The number of hydrogen-bond donors (Lipinski definition) is 1. The van der Waals surface area contributed by atoms with Crippen molar-refractivity contribution in [2.24, 2.45) is 5.92 Å². The van der Waals surface area contributed by atoms with Crippen molar-refractivity contribution in [3.8, 4) is 5.88 Å². The van der Waals surface area contributed by atoms with Gasteiger partial charge in [0.1, 0.15) is 17.6 Å². The monoisotopic (exact) mass is 332 g/mol. The van der Waals surface area contributed by atoms with Crippen molar-refractivity contribution >= 4 is 16.3 Å². The molecule has 0 saturated carbocycles. The highest BCUT2D eigenvalue weighted by Gasteiger charge is 2.32. The van der Waals surface area contributed by atoms with Gasteiger partial charge < -0.3 is 9.52 Å². The molecule has 122 valence electrons. The molecule has 1 atom stereocenters. The van der Waals surface area contributed by atoms with Gasteiger partial charge in [0, 0.05) is 0 Å². The van der Waals surface area contributed by atoms with Crippen molar-refractivity contribution in [1.29, 1.82) is 0 Å². The first-order valence-electron chi connectivity index (χ1n) is 7.96. The van der Waals surface area contributed by atoms with Gasteiger partial charge in [0.15, 0.2) is 0 Å². The number of rotatable bonds is 3. The molecule has 0 bridgehead atoms. The Morgan fingerprint density at radius 1 is 1.39 bits per heavy atom. The summed E-state index contributed by atoms with van der Waals surface area (Å²) < 4.78 is 7.21. The summed E-state index contributed by atoms with van der Waals surface area (Å²) in [6, 6.07) is 3.79. The Hall–Kier alpha value is -1.86. The molecular formula is C16H20N4O2S. The van der Waals surface area contributed by atoms with Crippen molar-refractivity contribution in [2.45, 2.75) is 32.7 Å². The fourth-order valence-corrected chi connectivity index (χ4v) is 4.38. The number of nitrogens with zero attached hydrogens (tertiary/aromatic N) is 4. The van der Waals surface area contributed by atoms with Gasteiger partial charge in [-0.3, -0.25) is 4.90 Å². The van der Waals surface area contributed by atoms with Gasteiger partial charge in [-0.25, -0.2) is 4.98 Å². The highest BCUT2D eigenvalue weighted by Crippen LogP contribution is 2.41. The van der Waals surface area contributed by atoms with E-state index in [4.69, 9.17) is 4.42 Å². The third kappa shape index (κ3) is 2.53. The molecule has 6 nitrogen and oxygen atoms in total. The zero-order chi connectivity index (χ0) is 16.0. The highest BCUT2D eigenvalue weighted by molar-refractivity contribution is 7.17. The minimum atomic E-state index is -0.0775. The van der Waals surface area contributed by atoms with E-state index in [1.807, 2.05) is 19.1 Å². The van der Waals surface area contributed by atoms with Gasteiger partial charge in [0.05, 0.1) is 11.1 Å². The van der Waals surface area contributed by atoms with Crippen LogP contribution >= 0.6 is 11.3 Å². The van der Waals surface area contributed by atoms with Crippen LogP contribution in [0.3, 0.4) is 0 Å². The summed E-state index contributed by atoms with van der Waals surface area (Å²) in [6.07, 6.45) is 4.02. The fraction of sp³-hybridized carbons (Fsp3) is 0.500. The fourth-order valence-electron chi connectivity index (χ4n) is 3.23. The molecule has 3 aromatic heterocycles. The summed E-state index contributed by atoms with van der Waals surface area (Å²) in [5, 5.41) is 14.9. The topological polar surface area (TPSA) is 66.8 Å². The molecule has 3 aromatic rings. The van der Waals surface area contributed by atoms with Crippen molar-refractivity contribution in [1.82, 2.24) is 19.5 Å². The average Bonchev–Trinajstić information content (AvgIpc) is 3.22. The van der Waals surface area contributed by atoms with Gasteiger partial charge >= 0.3 is 0 Å². The smallest absolute Gasteiger partial charge is 0.230 e. The number of aromatic hydroxyl groups is 1. The maximum Gasteiger partial charge on any atom is 0.230 e. The van der Waals surface area contributed by atoms with Gasteiger partial charge in [0.25, 0.3) is 0 Å². The average molecular weight is 332 g/mol. The Labute approximate surface area is 138 Å². The number of aryl methyl sites for hydroxylation is 1. The number of thiazole rings is 1. The van der Waals surface area contributed by atoms with Crippen LogP contribution in [0.4, 0.5) is 0 Å². The summed E-state index contributed by atoms with van der Waals surface area (Å²) in [5.41, 5.74) is 0. The number of hydrogen-bond acceptors (Lipinski definition) is 6. The number of piperidine rings is 1. The number of furan rings is 1. The molecule has 0 amide bonds. The van der Waals surface area contributed by atoms with Crippen molar-refractivity contribution in [2.75, 3.05) is 13.1 Å². The van der Waals surface area contributed by atoms with Crippen LogP contribution in [0.5, 0.6) is 5.88 Å². The molecule has 0 radical (unpaired) electrons. The quantitative estimate of drug-likeness (QED) is 0.798. The SMILES string of the molecule is Cc1nc2sc([C@H](c3ccco3)N3CCC(C)CC3)c(O)n2n1. The molecule has 1 N–H and O–H groups in total. The van der Waals surface area contributed by atoms with Crippen LogP contribution in [0.2, 0.25) is 0 Å². The minimum absolute atomic E-state index is 0.0775. The van der Waals surface area contributed by atoms with E-state index in [1.54, 1.807) is 6.26 Å². The summed E-state index contributed by atoms with van der Waals surface area (Å²) in [7, 11) is 0. The zero-order valence-electron chi connectivity index (χ0n) is 13.3. The second kappa shape index (κ2) is 5.65. The first-order valence-corrected chi connectivity index (χ1v) is 8.77. The van der Waals surface area contributed by atoms with Gasteiger partial charge in [-0.1, -0.05) is 18.3 Å². The van der Waals surface area contributed by atoms with Crippen LogP contribution in [0.25, 0.3) is 4.96 Å². The van der Waals surface area contributed by atoms with E-state index in [9.17, 15) is 5.11 Å². The lowest BCUT2D eigenvalue weighted by molar-refractivity contribution is 0.144. The van der Waals surface area contributed by atoms with Crippen LogP contribution in [-0.4, -0.2) is 37.7 Å². The molecule has 4 rings (SSSR count). The minimum Gasteiger partial charge on any atom is -0.492 e. The summed E-state index contributed by atoms with van der Waals surface area (Å²) in [4.78, 5) is 8.33. The predicted octanol–water partition coefficient (Wildman–Crippen LogP) is 3.22. The van der Waals surface area contributed by atoms with E-state index in [-0.39, 0.29) is 11.9 Å². The van der Waals surface area contributed by atoms with Gasteiger partial charge in [-0.05, 0) is 50.9 Å². The molecule has 1 aliphatic heterocycles. The third-order valence-electron chi connectivity index (χ3n) is 4.55. The maximum atomic E-state index is 10.7. The Balaban J connectivity index is 1.77. The second-order valence-electron chi connectivity index (χ2n) is 6.28. The number of fused-ring (bicyclic) bond motifs is 1. The van der Waals surface area contributed by atoms with E-state index in [0.717, 1.165) is 47.4 Å². The maximum absolute atomic E-state index is 10.7. The van der Waals surface area contributed by atoms with Crippen molar-refractivity contribution < 1.29 is 9.52 Å². The Kier molecular flexibility index (Phi) is 3.61. The van der Waals surface area contributed by atoms with Gasteiger partial charge in [-0.15, -0.1) is 5.10 Å². The standard InChI is InChI=1S/C16H20N4O2S/c1-10-5-7-19(8-6-10)13(12-4-3-9-22-12)14-15(21)20-16(23-14)17-11(2)18-20/h3-4,9-10,13,21H,5-8H2,1-2H3/t13-/m0/s1. The second-order valence-corrected chi connectivity index (χ2v) is 7.29. The molecule has 0 unspecified atom stereocenters. The zero-order valence-corrected chi connectivity index (χ0v) is 14.1. The summed E-state index contributed by atoms with van der Waals surface area (Å²) in [6.45, 7) is 6.12. The predicted molar refractivity (Wildman–Crippen MR) is 87.8 cm³/mol. The molecule has 1 saturated heterocycles.